The number of thiazole rings is 1. The number of aromatic nitrogens is 2. The SMILES string of the molecule is O=C1CN(c2nc3sccn3c2CO)CC(=O)N1. The average molecular weight is 266 g/mol. The van der Waals surface area contributed by atoms with Gasteiger partial charge in [-0.3, -0.25) is 19.3 Å². The summed E-state index contributed by atoms with van der Waals surface area (Å²) in [6.07, 6.45) is 1.80. The summed E-state index contributed by atoms with van der Waals surface area (Å²) in [6.45, 7) is -0.0489. The largest absolute Gasteiger partial charge is 0.390 e. The fourth-order valence-corrected chi connectivity index (χ4v) is 2.74. The molecule has 1 saturated heterocycles. The molecule has 1 fully saturated rings. The molecule has 1 aliphatic heterocycles. The highest BCUT2D eigenvalue weighted by atomic mass is 32.1. The summed E-state index contributed by atoms with van der Waals surface area (Å²) in [7, 11) is 0. The van der Waals surface area contributed by atoms with E-state index >= 15 is 0 Å². The van der Waals surface area contributed by atoms with E-state index in [1.807, 2.05) is 5.38 Å². The number of aliphatic hydroxyl groups excluding tert-OH is 1. The zero-order chi connectivity index (χ0) is 12.7. The molecule has 94 valence electrons. The van der Waals surface area contributed by atoms with E-state index in [9.17, 15) is 14.7 Å². The van der Waals surface area contributed by atoms with E-state index in [1.165, 1.54) is 11.3 Å². The van der Waals surface area contributed by atoms with Crippen molar-refractivity contribution in [2.75, 3.05) is 18.0 Å². The predicted molar refractivity (Wildman–Crippen MR) is 64.4 cm³/mol. The van der Waals surface area contributed by atoms with Crippen LogP contribution in [0.4, 0.5) is 5.82 Å². The first-order chi connectivity index (χ1) is 8.69. The Labute approximate surface area is 106 Å². The van der Waals surface area contributed by atoms with Crippen LogP contribution in [0.15, 0.2) is 11.6 Å². The van der Waals surface area contributed by atoms with Gasteiger partial charge in [0, 0.05) is 11.6 Å². The van der Waals surface area contributed by atoms with Gasteiger partial charge in [-0.2, -0.15) is 0 Å². The second-order valence-corrected chi connectivity index (χ2v) is 4.80. The Bertz CT molecular complexity index is 616. The monoisotopic (exact) mass is 266 g/mol. The summed E-state index contributed by atoms with van der Waals surface area (Å²) in [5.41, 5.74) is 0.591. The van der Waals surface area contributed by atoms with Crippen molar-refractivity contribution in [3.8, 4) is 0 Å². The molecule has 8 heteroatoms. The van der Waals surface area contributed by atoms with Gasteiger partial charge in [-0.15, -0.1) is 11.3 Å². The van der Waals surface area contributed by atoms with Crippen LogP contribution < -0.4 is 10.2 Å². The smallest absolute Gasteiger partial charge is 0.246 e. The maximum absolute atomic E-state index is 11.3. The molecule has 1 aliphatic rings. The summed E-state index contributed by atoms with van der Waals surface area (Å²) in [6, 6.07) is 0. The topological polar surface area (TPSA) is 86.9 Å². The molecular formula is C10H10N4O3S. The molecule has 0 radical (unpaired) electrons. The van der Waals surface area contributed by atoms with Crippen molar-refractivity contribution in [1.82, 2.24) is 14.7 Å². The molecule has 7 nitrogen and oxygen atoms in total. The number of anilines is 1. The van der Waals surface area contributed by atoms with Crippen molar-refractivity contribution < 1.29 is 14.7 Å². The van der Waals surface area contributed by atoms with Gasteiger partial charge in [0.1, 0.15) is 0 Å². The van der Waals surface area contributed by atoms with Crippen LogP contribution in [0.3, 0.4) is 0 Å². The summed E-state index contributed by atoms with van der Waals surface area (Å²) in [5.74, 6) is -0.217. The van der Waals surface area contributed by atoms with Gasteiger partial charge in [0.05, 0.1) is 25.4 Å². The summed E-state index contributed by atoms with van der Waals surface area (Å²) in [4.78, 5) is 29.3. The van der Waals surface area contributed by atoms with E-state index in [2.05, 4.69) is 10.3 Å². The molecule has 0 aromatic carbocycles. The average Bonchev–Trinajstić information content (AvgIpc) is 2.86. The molecule has 2 N–H and O–H groups in total. The van der Waals surface area contributed by atoms with Crippen molar-refractivity contribution >= 4 is 33.9 Å². The lowest BCUT2D eigenvalue weighted by atomic mass is 10.3. The Kier molecular flexibility index (Phi) is 2.53. The molecule has 2 aromatic heterocycles. The number of nitrogens with one attached hydrogen (secondary N) is 1. The quantitative estimate of drug-likeness (QED) is 0.705. The molecule has 0 unspecified atom stereocenters. The normalized spacial score (nSPS) is 16.4. The second kappa shape index (κ2) is 4.07. The lowest BCUT2D eigenvalue weighted by Gasteiger charge is -2.26. The number of hydrogen-bond donors (Lipinski definition) is 2. The van der Waals surface area contributed by atoms with E-state index in [0.29, 0.717) is 11.5 Å². The van der Waals surface area contributed by atoms with Gasteiger partial charge in [0.25, 0.3) is 0 Å². The first-order valence-electron chi connectivity index (χ1n) is 5.32. The molecule has 0 aliphatic carbocycles. The highest BCUT2D eigenvalue weighted by Crippen LogP contribution is 2.25. The van der Waals surface area contributed by atoms with E-state index in [-0.39, 0.29) is 31.5 Å². The Hall–Kier alpha value is -1.93. The number of piperazine rings is 1. The summed E-state index contributed by atoms with van der Waals surface area (Å²) in [5, 5.41) is 13.5. The molecule has 0 saturated carbocycles. The number of hydrogen-bond acceptors (Lipinski definition) is 6. The highest BCUT2D eigenvalue weighted by Gasteiger charge is 2.27. The number of fused-ring (bicyclic) bond motifs is 1. The number of rotatable bonds is 2. The molecule has 3 rings (SSSR count). The summed E-state index contributed by atoms with van der Waals surface area (Å²) >= 11 is 1.43. The van der Waals surface area contributed by atoms with Gasteiger partial charge < -0.3 is 10.0 Å². The summed E-state index contributed by atoms with van der Waals surface area (Å²) < 4.78 is 1.76. The minimum Gasteiger partial charge on any atom is -0.390 e. The number of carbonyl (C=O) groups is 2. The van der Waals surface area contributed by atoms with Gasteiger partial charge in [-0.25, -0.2) is 4.98 Å². The van der Waals surface area contributed by atoms with Crippen molar-refractivity contribution in [3.63, 3.8) is 0 Å². The zero-order valence-electron chi connectivity index (χ0n) is 9.29. The molecule has 3 heterocycles. The second-order valence-electron chi connectivity index (χ2n) is 3.92. The number of amides is 2. The maximum Gasteiger partial charge on any atom is 0.246 e. The lowest BCUT2D eigenvalue weighted by molar-refractivity contribution is -0.130. The lowest BCUT2D eigenvalue weighted by Crippen LogP contribution is -2.51. The number of imide groups is 1. The van der Waals surface area contributed by atoms with Crippen molar-refractivity contribution in [2.45, 2.75) is 6.61 Å². The fraction of sp³-hybridized carbons (Fsp3) is 0.300. The predicted octanol–water partition coefficient (Wildman–Crippen LogP) is -0.649. The van der Waals surface area contributed by atoms with E-state index in [1.54, 1.807) is 15.5 Å². The van der Waals surface area contributed by atoms with Crippen LogP contribution in [0.25, 0.3) is 4.96 Å². The van der Waals surface area contributed by atoms with Gasteiger partial charge in [-0.1, -0.05) is 0 Å². The first-order valence-corrected chi connectivity index (χ1v) is 6.20. The van der Waals surface area contributed by atoms with Crippen LogP contribution in [-0.2, 0) is 16.2 Å². The van der Waals surface area contributed by atoms with Crippen LogP contribution in [0, 0.1) is 0 Å². The third-order valence-corrected chi connectivity index (χ3v) is 3.49. The molecule has 0 spiro atoms. The molecule has 0 atom stereocenters. The first kappa shape index (κ1) is 11.2. The Morgan fingerprint density at radius 2 is 2.11 bits per heavy atom. The Morgan fingerprint density at radius 3 is 2.78 bits per heavy atom. The van der Waals surface area contributed by atoms with E-state index < -0.39 is 0 Å². The third-order valence-electron chi connectivity index (χ3n) is 2.74. The standard InChI is InChI=1S/C10H10N4O3S/c15-5-6-9(12-10-14(6)1-2-18-10)13-3-7(16)11-8(17)4-13/h1-2,15H,3-5H2,(H,11,16,17). The van der Waals surface area contributed by atoms with Crippen LogP contribution in [0.2, 0.25) is 0 Å². The van der Waals surface area contributed by atoms with Gasteiger partial charge >= 0.3 is 0 Å². The minimum atomic E-state index is -0.355. The van der Waals surface area contributed by atoms with Gasteiger partial charge in [0.2, 0.25) is 11.8 Å². The van der Waals surface area contributed by atoms with Crippen molar-refractivity contribution in [3.05, 3.63) is 17.3 Å². The Morgan fingerprint density at radius 1 is 1.39 bits per heavy atom. The van der Waals surface area contributed by atoms with Crippen molar-refractivity contribution in [2.24, 2.45) is 0 Å². The zero-order valence-corrected chi connectivity index (χ0v) is 10.1. The number of aliphatic hydroxyl groups is 1. The fourth-order valence-electron chi connectivity index (χ4n) is 2.01. The van der Waals surface area contributed by atoms with Gasteiger partial charge in [-0.05, 0) is 0 Å². The molecular weight excluding hydrogens is 256 g/mol. The van der Waals surface area contributed by atoms with E-state index in [0.717, 1.165) is 4.96 Å². The van der Waals surface area contributed by atoms with Crippen LogP contribution in [0.1, 0.15) is 5.69 Å². The number of nitrogens with zero attached hydrogens (tertiary/aromatic N) is 3. The highest BCUT2D eigenvalue weighted by molar-refractivity contribution is 7.15. The molecule has 0 bridgehead atoms. The molecule has 2 amide bonds. The van der Waals surface area contributed by atoms with Crippen LogP contribution in [0.5, 0.6) is 0 Å². The third kappa shape index (κ3) is 1.66. The minimum absolute atomic E-state index is 0.0730. The number of carbonyl (C=O) groups excluding carboxylic acids is 2. The molecule has 18 heavy (non-hydrogen) atoms. The van der Waals surface area contributed by atoms with Gasteiger partial charge in [0.15, 0.2) is 10.8 Å². The number of imidazole rings is 1. The van der Waals surface area contributed by atoms with Crippen LogP contribution >= 0.6 is 11.3 Å². The maximum atomic E-state index is 11.3. The Balaban J connectivity index is 2.05. The van der Waals surface area contributed by atoms with Crippen LogP contribution in [-0.4, -0.2) is 39.4 Å². The van der Waals surface area contributed by atoms with E-state index in [4.69, 9.17) is 0 Å². The molecule has 2 aromatic rings. The van der Waals surface area contributed by atoms with Crippen molar-refractivity contribution in [1.29, 1.82) is 0 Å².